The van der Waals surface area contributed by atoms with Crippen LogP contribution in [0.4, 0.5) is 5.69 Å². The maximum absolute atomic E-state index is 3.68. The van der Waals surface area contributed by atoms with Gasteiger partial charge in [0.1, 0.15) is 0 Å². The third kappa shape index (κ3) is 4.57. The second-order valence-corrected chi connectivity index (χ2v) is 8.85. The number of hydrogen-bond acceptors (Lipinski definition) is 1. The van der Waals surface area contributed by atoms with Gasteiger partial charge in [-0.2, -0.15) is 0 Å². The Bertz CT molecular complexity index is 755. The van der Waals surface area contributed by atoms with E-state index in [2.05, 4.69) is 99.2 Å². The Labute approximate surface area is 168 Å². The summed E-state index contributed by atoms with van der Waals surface area (Å²) in [6, 6.07) is 6.97. The maximum atomic E-state index is 3.68. The van der Waals surface area contributed by atoms with Crippen molar-refractivity contribution in [3.05, 3.63) is 75.6 Å². The van der Waals surface area contributed by atoms with Crippen LogP contribution in [0.15, 0.2) is 64.5 Å². The number of benzene rings is 1. The molecule has 1 unspecified atom stereocenters. The minimum atomic E-state index is 0.441. The Balaban J connectivity index is 1.99. The summed E-state index contributed by atoms with van der Waals surface area (Å²) in [7, 11) is 0. The van der Waals surface area contributed by atoms with E-state index in [0.29, 0.717) is 4.83 Å². The molecule has 132 valence electrons. The van der Waals surface area contributed by atoms with Crippen molar-refractivity contribution in [3.63, 3.8) is 0 Å². The minimum Gasteiger partial charge on any atom is -0.315 e. The van der Waals surface area contributed by atoms with Crippen LogP contribution in [-0.2, 0) is 12.8 Å². The second-order valence-electron chi connectivity index (χ2n) is 6.66. The fourth-order valence-electron chi connectivity index (χ4n) is 3.41. The summed E-state index contributed by atoms with van der Waals surface area (Å²) in [4.78, 5) is 2.82. The van der Waals surface area contributed by atoms with Crippen LogP contribution >= 0.6 is 31.9 Å². The molecule has 1 aromatic rings. The summed E-state index contributed by atoms with van der Waals surface area (Å²) in [6.07, 6.45) is 16.9. The molecule has 1 nitrogen and oxygen atoms in total. The molecule has 0 saturated heterocycles. The monoisotopic (exact) mass is 461 g/mol. The molecule has 1 aromatic carbocycles. The first-order valence-corrected chi connectivity index (χ1v) is 10.8. The van der Waals surface area contributed by atoms with Crippen LogP contribution in [-0.4, -0.2) is 4.83 Å². The average Bonchev–Trinajstić information content (AvgIpc) is 3.09. The summed E-state index contributed by atoms with van der Waals surface area (Å²) in [5.74, 6) is 0. The van der Waals surface area contributed by atoms with Gasteiger partial charge < -0.3 is 4.90 Å². The molecule has 0 heterocycles. The highest BCUT2D eigenvalue weighted by molar-refractivity contribution is 9.11. The molecule has 0 radical (unpaired) electrons. The molecule has 0 saturated carbocycles. The number of halogens is 2. The molecular formula is C22H25Br2N. The van der Waals surface area contributed by atoms with Crippen molar-refractivity contribution in [3.8, 4) is 0 Å². The van der Waals surface area contributed by atoms with Crippen molar-refractivity contribution in [2.75, 3.05) is 4.90 Å². The molecule has 0 bridgehead atoms. The van der Waals surface area contributed by atoms with Gasteiger partial charge in [-0.1, -0.05) is 63.1 Å². The lowest BCUT2D eigenvalue weighted by atomic mass is 10.1. The normalized spacial score (nSPS) is 20.5. The lowest BCUT2D eigenvalue weighted by Gasteiger charge is -2.29. The zero-order chi connectivity index (χ0) is 17.8. The van der Waals surface area contributed by atoms with Crippen LogP contribution in [0.25, 0.3) is 0 Å². The summed E-state index contributed by atoms with van der Waals surface area (Å²) < 4.78 is 1.22. The molecule has 0 spiro atoms. The van der Waals surface area contributed by atoms with Gasteiger partial charge >= 0.3 is 0 Å². The maximum Gasteiger partial charge on any atom is 0.0461 e. The molecule has 3 heteroatoms. The molecule has 2 aliphatic carbocycles. The molecule has 0 aromatic heterocycles. The molecular weight excluding hydrogens is 438 g/mol. The first-order valence-electron chi connectivity index (χ1n) is 9.06. The van der Waals surface area contributed by atoms with Crippen LogP contribution in [0, 0.1) is 0 Å². The van der Waals surface area contributed by atoms with Crippen LogP contribution in [0.5, 0.6) is 0 Å². The number of rotatable bonds is 5. The highest BCUT2D eigenvalue weighted by Crippen LogP contribution is 2.33. The van der Waals surface area contributed by atoms with Crippen LogP contribution in [0.1, 0.15) is 44.2 Å². The van der Waals surface area contributed by atoms with Crippen molar-refractivity contribution in [2.45, 2.75) is 50.8 Å². The molecule has 0 fully saturated rings. The van der Waals surface area contributed by atoms with E-state index < -0.39 is 0 Å². The Morgan fingerprint density at radius 1 is 1.24 bits per heavy atom. The van der Waals surface area contributed by atoms with Gasteiger partial charge in [0.05, 0.1) is 0 Å². The molecule has 1 atom stereocenters. The van der Waals surface area contributed by atoms with Crippen molar-refractivity contribution >= 4 is 37.5 Å². The van der Waals surface area contributed by atoms with Gasteiger partial charge in [0.15, 0.2) is 0 Å². The topological polar surface area (TPSA) is 3.24 Å². The van der Waals surface area contributed by atoms with Crippen LogP contribution in [0.3, 0.4) is 0 Å². The fourth-order valence-corrected chi connectivity index (χ4v) is 3.88. The number of hydrogen-bond donors (Lipinski definition) is 0. The predicted molar refractivity (Wildman–Crippen MR) is 117 cm³/mol. The van der Waals surface area contributed by atoms with E-state index in [1.807, 2.05) is 0 Å². The Morgan fingerprint density at radius 2 is 2.04 bits per heavy atom. The van der Waals surface area contributed by atoms with E-state index in [-0.39, 0.29) is 0 Å². The van der Waals surface area contributed by atoms with Crippen LogP contribution < -0.4 is 4.90 Å². The number of nitrogens with zero attached hydrogens (tertiary/aromatic N) is 1. The third-order valence-electron chi connectivity index (χ3n) is 4.82. The summed E-state index contributed by atoms with van der Waals surface area (Å²) in [6.45, 7) is 4.35. The van der Waals surface area contributed by atoms with Crippen molar-refractivity contribution in [2.24, 2.45) is 0 Å². The summed E-state index contributed by atoms with van der Waals surface area (Å²) in [5, 5.41) is 0. The summed E-state index contributed by atoms with van der Waals surface area (Å²) >= 11 is 7.30. The van der Waals surface area contributed by atoms with Gasteiger partial charge in [0.25, 0.3) is 0 Å². The van der Waals surface area contributed by atoms with E-state index in [0.717, 1.165) is 12.8 Å². The zero-order valence-corrected chi connectivity index (χ0v) is 18.1. The number of alkyl halides is 1. The van der Waals surface area contributed by atoms with E-state index in [1.54, 1.807) is 0 Å². The van der Waals surface area contributed by atoms with Crippen molar-refractivity contribution < 1.29 is 0 Å². The van der Waals surface area contributed by atoms with Gasteiger partial charge in [0, 0.05) is 21.9 Å². The first kappa shape index (κ1) is 18.7. The second kappa shape index (κ2) is 8.55. The standard InChI is InChI=1S/C22H25Br2N/c1-3-19(23)9-7-16(2)25(21-13-10-20(24)11-14-21)22-12-8-17-5-4-6-18(17)15-22/h7-10,12-15,20H,3-6,11H2,1-2H3. The average molecular weight is 463 g/mol. The van der Waals surface area contributed by atoms with E-state index in [9.17, 15) is 0 Å². The Morgan fingerprint density at radius 3 is 2.76 bits per heavy atom. The zero-order valence-electron chi connectivity index (χ0n) is 14.9. The molecule has 0 N–H and O–H groups in total. The highest BCUT2D eigenvalue weighted by atomic mass is 79.9. The number of fused-ring (bicyclic) bond motifs is 1. The van der Waals surface area contributed by atoms with E-state index in [1.165, 1.54) is 52.0 Å². The van der Waals surface area contributed by atoms with Crippen molar-refractivity contribution in [1.29, 1.82) is 0 Å². The molecule has 2 aliphatic rings. The molecule has 0 aliphatic heterocycles. The predicted octanol–water partition coefficient (Wildman–Crippen LogP) is 7.18. The first-order chi connectivity index (χ1) is 12.1. The van der Waals surface area contributed by atoms with Gasteiger partial charge in [-0.25, -0.2) is 0 Å². The lowest BCUT2D eigenvalue weighted by Crippen LogP contribution is -2.21. The smallest absolute Gasteiger partial charge is 0.0461 e. The quantitative estimate of drug-likeness (QED) is 0.330. The lowest BCUT2D eigenvalue weighted by molar-refractivity contribution is 0.911. The molecule has 0 amide bonds. The van der Waals surface area contributed by atoms with Gasteiger partial charge in [-0.05, 0) is 78.9 Å². The Hall–Kier alpha value is -1.06. The number of anilines is 1. The Kier molecular flexibility index (Phi) is 6.40. The van der Waals surface area contributed by atoms with Gasteiger partial charge in [0.2, 0.25) is 0 Å². The minimum absolute atomic E-state index is 0.441. The SMILES string of the molecule is CCC(Br)=CC=C(C)N(C1=CCC(Br)C=C1)c1ccc2c(c1)CCC2. The van der Waals surface area contributed by atoms with Gasteiger partial charge in [-0.3, -0.25) is 0 Å². The highest BCUT2D eigenvalue weighted by Gasteiger charge is 2.18. The number of allylic oxidation sites excluding steroid dienone is 7. The van der Waals surface area contributed by atoms with Crippen molar-refractivity contribution in [1.82, 2.24) is 0 Å². The molecule has 3 rings (SSSR count). The largest absolute Gasteiger partial charge is 0.315 e. The fraction of sp³-hybridized carbons (Fsp3) is 0.364. The van der Waals surface area contributed by atoms with Gasteiger partial charge in [-0.15, -0.1) is 0 Å². The van der Waals surface area contributed by atoms with E-state index >= 15 is 0 Å². The van der Waals surface area contributed by atoms with E-state index in [4.69, 9.17) is 0 Å². The third-order valence-corrected chi connectivity index (χ3v) is 6.33. The van der Waals surface area contributed by atoms with Crippen LogP contribution in [0.2, 0.25) is 0 Å². The number of aryl methyl sites for hydroxylation is 2. The molecule has 25 heavy (non-hydrogen) atoms. The summed E-state index contributed by atoms with van der Waals surface area (Å²) in [5.41, 5.74) is 6.78.